The molecule has 0 amide bonds. The Bertz CT molecular complexity index is 551. The van der Waals surface area contributed by atoms with Crippen LogP contribution in [0.25, 0.3) is 0 Å². The fourth-order valence-electron chi connectivity index (χ4n) is 3.65. The van der Waals surface area contributed by atoms with Crippen LogP contribution in [0.5, 0.6) is 0 Å². The van der Waals surface area contributed by atoms with Crippen molar-refractivity contribution in [3.8, 4) is 0 Å². The Kier molecular flexibility index (Phi) is 5.29. The molecule has 0 bridgehead atoms. The maximum Gasteiger partial charge on any atom is 0.169 e. The summed E-state index contributed by atoms with van der Waals surface area (Å²) in [6.07, 6.45) is 5.09. The summed E-state index contributed by atoms with van der Waals surface area (Å²) in [5.41, 5.74) is 0.814. The average molecular weight is 341 g/mol. The molecule has 0 N–H and O–H groups in total. The minimum absolute atomic E-state index is 0.235. The molecule has 0 radical (unpaired) electrons. The van der Waals surface area contributed by atoms with E-state index >= 15 is 0 Å². The first-order valence-corrected chi connectivity index (χ1v) is 8.91. The first-order chi connectivity index (χ1) is 10.2. The fraction of sp³-hybridized carbons (Fsp3) is 0.632. The molecule has 1 saturated carbocycles. The third-order valence-corrected chi connectivity index (χ3v) is 5.76. The molecular formula is C19H26Cl2O. The lowest BCUT2D eigenvalue weighted by Gasteiger charge is -2.43. The third kappa shape index (κ3) is 3.86. The number of Topliss-reactive ketones (excluding diaryl/α,β-unsaturated/α-hetero) is 1. The number of benzene rings is 1. The van der Waals surface area contributed by atoms with Gasteiger partial charge in [-0.3, -0.25) is 4.79 Å². The SMILES string of the molecule is CC(C)CC1(C(=O)c2ccc(Cl)c(Cl)c2)CCC(C)(C)CC1. The van der Waals surface area contributed by atoms with Gasteiger partial charge in [0.1, 0.15) is 0 Å². The van der Waals surface area contributed by atoms with E-state index in [4.69, 9.17) is 23.2 Å². The molecule has 0 atom stereocenters. The van der Waals surface area contributed by atoms with E-state index in [-0.39, 0.29) is 11.2 Å². The smallest absolute Gasteiger partial charge is 0.169 e. The van der Waals surface area contributed by atoms with Crippen LogP contribution < -0.4 is 0 Å². The lowest BCUT2D eigenvalue weighted by molar-refractivity contribution is 0.0508. The van der Waals surface area contributed by atoms with Crippen LogP contribution in [0.3, 0.4) is 0 Å². The summed E-state index contributed by atoms with van der Waals surface area (Å²) in [5.74, 6) is 0.753. The molecule has 1 nitrogen and oxygen atoms in total. The Balaban J connectivity index is 2.32. The van der Waals surface area contributed by atoms with E-state index in [1.54, 1.807) is 12.1 Å². The van der Waals surface area contributed by atoms with Crippen LogP contribution in [0.2, 0.25) is 10.0 Å². The van der Waals surface area contributed by atoms with Crippen LogP contribution in [0.15, 0.2) is 18.2 Å². The average Bonchev–Trinajstić information content (AvgIpc) is 2.43. The summed E-state index contributed by atoms with van der Waals surface area (Å²) < 4.78 is 0. The second-order valence-corrected chi connectivity index (χ2v) is 8.81. The zero-order chi connectivity index (χ0) is 16.5. The first-order valence-electron chi connectivity index (χ1n) is 8.15. The molecule has 0 unspecified atom stereocenters. The topological polar surface area (TPSA) is 17.1 Å². The second-order valence-electron chi connectivity index (χ2n) is 8.00. The van der Waals surface area contributed by atoms with Gasteiger partial charge >= 0.3 is 0 Å². The van der Waals surface area contributed by atoms with Crippen LogP contribution in [-0.2, 0) is 0 Å². The first kappa shape index (κ1) is 17.8. The minimum atomic E-state index is -0.235. The van der Waals surface area contributed by atoms with Crippen molar-refractivity contribution in [1.82, 2.24) is 0 Å². The molecular weight excluding hydrogens is 315 g/mol. The van der Waals surface area contributed by atoms with E-state index in [2.05, 4.69) is 27.7 Å². The highest BCUT2D eigenvalue weighted by Gasteiger charge is 2.44. The van der Waals surface area contributed by atoms with Crippen LogP contribution in [0.1, 0.15) is 70.2 Å². The number of rotatable bonds is 4. The van der Waals surface area contributed by atoms with Gasteiger partial charge in [-0.15, -0.1) is 0 Å². The number of carbonyl (C=O) groups is 1. The highest BCUT2D eigenvalue weighted by atomic mass is 35.5. The Morgan fingerprint density at radius 1 is 1.09 bits per heavy atom. The minimum Gasteiger partial charge on any atom is -0.294 e. The molecule has 0 aliphatic heterocycles. The van der Waals surface area contributed by atoms with Gasteiger partial charge in [-0.1, -0.05) is 50.9 Å². The Morgan fingerprint density at radius 3 is 2.18 bits per heavy atom. The quantitative estimate of drug-likeness (QED) is 0.550. The number of ketones is 1. The summed E-state index contributed by atoms with van der Waals surface area (Å²) in [6, 6.07) is 5.28. The summed E-state index contributed by atoms with van der Waals surface area (Å²) in [4.78, 5) is 13.2. The van der Waals surface area contributed by atoms with Crippen molar-refractivity contribution >= 4 is 29.0 Å². The van der Waals surface area contributed by atoms with Crippen molar-refractivity contribution in [2.24, 2.45) is 16.7 Å². The summed E-state index contributed by atoms with van der Waals surface area (Å²) in [6.45, 7) is 9.00. The normalized spacial score (nSPS) is 20.1. The van der Waals surface area contributed by atoms with Crippen LogP contribution in [0.4, 0.5) is 0 Å². The molecule has 1 aromatic carbocycles. The molecule has 122 valence electrons. The van der Waals surface area contributed by atoms with Gasteiger partial charge in [0.15, 0.2) is 5.78 Å². The Morgan fingerprint density at radius 2 is 1.68 bits per heavy atom. The number of hydrogen-bond donors (Lipinski definition) is 0. The van der Waals surface area contributed by atoms with Crippen molar-refractivity contribution in [2.75, 3.05) is 0 Å². The van der Waals surface area contributed by atoms with E-state index < -0.39 is 0 Å². The molecule has 0 spiro atoms. The lowest BCUT2D eigenvalue weighted by atomic mass is 9.60. The zero-order valence-electron chi connectivity index (χ0n) is 14.0. The lowest BCUT2D eigenvalue weighted by Crippen LogP contribution is -2.39. The predicted octanol–water partition coefficient (Wildman–Crippen LogP) is 6.81. The van der Waals surface area contributed by atoms with E-state index in [9.17, 15) is 4.79 Å². The number of carbonyl (C=O) groups excluding carboxylic acids is 1. The second kappa shape index (κ2) is 6.53. The van der Waals surface area contributed by atoms with Crippen LogP contribution in [-0.4, -0.2) is 5.78 Å². The number of hydrogen-bond acceptors (Lipinski definition) is 1. The summed E-state index contributed by atoms with van der Waals surface area (Å²) in [5, 5.41) is 0.962. The summed E-state index contributed by atoms with van der Waals surface area (Å²) >= 11 is 12.1. The van der Waals surface area contributed by atoms with Gasteiger partial charge in [-0.2, -0.15) is 0 Å². The van der Waals surface area contributed by atoms with Gasteiger partial charge in [-0.05, 0) is 61.6 Å². The maximum atomic E-state index is 13.2. The standard InChI is InChI=1S/C19H26Cl2O/c1-13(2)12-19(9-7-18(3,4)8-10-19)17(22)14-5-6-15(20)16(21)11-14/h5-6,11,13H,7-10,12H2,1-4H3. The molecule has 1 aromatic rings. The molecule has 3 heteroatoms. The van der Waals surface area contributed by atoms with Crippen molar-refractivity contribution in [3.63, 3.8) is 0 Å². The monoisotopic (exact) mass is 340 g/mol. The molecule has 0 aromatic heterocycles. The molecule has 0 heterocycles. The van der Waals surface area contributed by atoms with Crippen molar-refractivity contribution in [1.29, 1.82) is 0 Å². The van der Waals surface area contributed by atoms with Crippen LogP contribution >= 0.6 is 23.2 Å². The van der Waals surface area contributed by atoms with Crippen molar-refractivity contribution < 1.29 is 4.79 Å². The third-order valence-electron chi connectivity index (χ3n) is 5.02. The molecule has 2 rings (SSSR count). The van der Waals surface area contributed by atoms with E-state index in [1.807, 2.05) is 6.07 Å². The Labute approximate surface area is 144 Å². The van der Waals surface area contributed by atoms with Gasteiger partial charge in [-0.25, -0.2) is 0 Å². The van der Waals surface area contributed by atoms with E-state index in [1.165, 1.54) is 0 Å². The molecule has 1 aliphatic carbocycles. The van der Waals surface area contributed by atoms with Gasteiger partial charge in [0, 0.05) is 11.0 Å². The van der Waals surface area contributed by atoms with Crippen LogP contribution in [0, 0.1) is 16.7 Å². The highest BCUT2D eigenvalue weighted by molar-refractivity contribution is 6.42. The van der Waals surface area contributed by atoms with Gasteiger partial charge in [0.25, 0.3) is 0 Å². The van der Waals surface area contributed by atoms with Gasteiger partial charge in [0.2, 0.25) is 0 Å². The van der Waals surface area contributed by atoms with E-state index in [0.29, 0.717) is 26.9 Å². The summed E-state index contributed by atoms with van der Waals surface area (Å²) in [7, 11) is 0. The largest absolute Gasteiger partial charge is 0.294 e. The predicted molar refractivity (Wildman–Crippen MR) is 94.9 cm³/mol. The fourth-order valence-corrected chi connectivity index (χ4v) is 3.95. The number of halogens is 2. The van der Waals surface area contributed by atoms with Gasteiger partial charge in [0.05, 0.1) is 10.0 Å². The molecule has 1 fully saturated rings. The Hall–Kier alpha value is -0.530. The highest BCUT2D eigenvalue weighted by Crippen LogP contribution is 2.50. The van der Waals surface area contributed by atoms with Gasteiger partial charge < -0.3 is 0 Å². The molecule has 0 saturated heterocycles. The van der Waals surface area contributed by atoms with E-state index in [0.717, 1.165) is 32.1 Å². The maximum absolute atomic E-state index is 13.2. The van der Waals surface area contributed by atoms with Crippen molar-refractivity contribution in [3.05, 3.63) is 33.8 Å². The molecule has 1 aliphatic rings. The zero-order valence-corrected chi connectivity index (χ0v) is 15.5. The molecule has 22 heavy (non-hydrogen) atoms. The van der Waals surface area contributed by atoms with Crippen molar-refractivity contribution in [2.45, 2.75) is 59.8 Å².